The first-order valence-electron chi connectivity index (χ1n) is 7.54. The predicted octanol–water partition coefficient (Wildman–Crippen LogP) is 2.67. The van der Waals surface area contributed by atoms with Crippen LogP contribution in [0.3, 0.4) is 0 Å². The van der Waals surface area contributed by atoms with E-state index in [4.69, 9.17) is 17.3 Å². The van der Waals surface area contributed by atoms with Crippen molar-refractivity contribution in [2.75, 3.05) is 32.9 Å². The second kappa shape index (κ2) is 7.98. The Labute approximate surface area is 148 Å². The van der Waals surface area contributed by atoms with E-state index in [-0.39, 0.29) is 16.5 Å². The molecule has 0 aromatic heterocycles. The summed E-state index contributed by atoms with van der Waals surface area (Å²) < 4.78 is 27.6. The van der Waals surface area contributed by atoms with Crippen molar-refractivity contribution < 1.29 is 8.42 Å². The van der Waals surface area contributed by atoms with Gasteiger partial charge in [0.25, 0.3) is 0 Å². The summed E-state index contributed by atoms with van der Waals surface area (Å²) in [6, 6.07) is 14.0. The van der Waals surface area contributed by atoms with Gasteiger partial charge >= 0.3 is 0 Å². The Hall–Kier alpha value is -1.60. The Morgan fingerprint density at radius 3 is 2.33 bits per heavy atom. The summed E-state index contributed by atoms with van der Waals surface area (Å²) in [5.41, 5.74) is 7.03. The molecule has 0 unspecified atom stereocenters. The average Bonchev–Trinajstić information content (AvgIpc) is 2.54. The molecule has 0 aliphatic carbocycles. The molecule has 5 nitrogen and oxygen atoms in total. The minimum absolute atomic E-state index is 0.0406. The maximum absolute atomic E-state index is 13.1. The van der Waals surface area contributed by atoms with Crippen molar-refractivity contribution in [1.82, 2.24) is 9.21 Å². The molecule has 2 aromatic carbocycles. The quantitative estimate of drug-likeness (QED) is 0.764. The van der Waals surface area contributed by atoms with Gasteiger partial charge in [0.15, 0.2) is 0 Å². The molecule has 0 fully saturated rings. The molecular formula is C17H22ClN3O2S. The zero-order chi connectivity index (χ0) is 17.7. The van der Waals surface area contributed by atoms with Crippen LogP contribution in [0.5, 0.6) is 0 Å². The van der Waals surface area contributed by atoms with E-state index in [0.717, 1.165) is 5.56 Å². The third-order valence-electron chi connectivity index (χ3n) is 3.57. The van der Waals surface area contributed by atoms with E-state index in [0.29, 0.717) is 18.8 Å². The van der Waals surface area contributed by atoms with E-state index in [1.807, 2.05) is 49.3 Å². The van der Waals surface area contributed by atoms with Crippen molar-refractivity contribution in [1.29, 1.82) is 0 Å². The van der Waals surface area contributed by atoms with Gasteiger partial charge < -0.3 is 10.6 Å². The number of hydrogen-bond donors (Lipinski definition) is 1. The van der Waals surface area contributed by atoms with Gasteiger partial charge in [-0.25, -0.2) is 8.42 Å². The number of rotatable bonds is 7. The third-order valence-corrected chi connectivity index (χ3v) is 5.90. The molecule has 0 radical (unpaired) electrons. The van der Waals surface area contributed by atoms with Crippen molar-refractivity contribution in [3.8, 4) is 0 Å². The van der Waals surface area contributed by atoms with Crippen LogP contribution in [0.1, 0.15) is 5.56 Å². The number of nitrogens with zero attached hydrogens (tertiary/aromatic N) is 2. The van der Waals surface area contributed by atoms with E-state index in [9.17, 15) is 8.42 Å². The van der Waals surface area contributed by atoms with Crippen LogP contribution in [-0.2, 0) is 16.6 Å². The first kappa shape index (κ1) is 18.7. The van der Waals surface area contributed by atoms with Crippen LogP contribution in [0.4, 0.5) is 5.69 Å². The molecule has 7 heteroatoms. The Bertz CT molecular complexity index is 780. The van der Waals surface area contributed by atoms with Crippen molar-refractivity contribution in [3.63, 3.8) is 0 Å². The van der Waals surface area contributed by atoms with Gasteiger partial charge in [-0.05, 0) is 37.9 Å². The smallest absolute Gasteiger partial charge is 0.244 e. The van der Waals surface area contributed by atoms with E-state index in [2.05, 4.69) is 0 Å². The summed E-state index contributed by atoms with van der Waals surface area (Å²) in [6.07, 6.45) is 0. The highest BCUT2D eigenvalue weighted by Gasteiger charge is 2.27. The molecule has 0 heterocycles. The summed E-state index contributed by atoms with van der Waals surface area (Å²) in [5, 5.41) is 0.173. The maximum Gasteiger partial charge on any atom is 0.244 e. The molecule has 0 atom stereocenters. The number of hydrogen-bond acceptors (Lipinski definition) is 4. The van der Waals surface area contributed by atoms with Crippen molar-refractivity contribution in [2.45, 2.75) is 11.4 Å². The minimum atomic E-state index is -3.75. The molecule has 2 N–H and O–H groups in total. The van der Waals surface area contributed by atoms with Crippen LogP contribution in [0, 0.1) is 0 Å². The van der Waals surface area contributed by atoms with Gasteiger partial charge in [0.2, 0.25) is 10.0 Å². The largest absolute Gasteiger partial charge is 0.399 e. The van der Waals surface area contributed by atoms with E-state index in [1.165, 1.54) is 16.4 Å². The van der Waals surface area contributed by atoms with Crippen molar-refractivity contribution >= 4 is 27.3 Å². The molecule has 0 saturated heterocycles. The Morgan fingerprint density at radius 1 is 1.04 bits per heavy atom. The lowest BCUT2D eigenvalue weighted by Gasteiger charge is -2.24. The zero-order valence-electron chi connectivity index (χ0n) is 13.8. The molecule has 2 rings (SSSR count). The van der Waals surface area contributed by atoms with Crippen LogP contribution in [0.2, 0.25) is 5.02 Å². The monoisotopic (exact) mass is 367 g/mol. The number of likely N-dealkylation sites (N-methyl/N-ethyl adjacent to an activating group) is 1. The van der Waals surface area contributed by atoms with Gasteiger partial charge in [-0.15, -0.1) is 0 Å². The summed E-state index contributed by atoms with van der Waals surface area (Å²) in [7, 11) is 0.0538. The van der Waals surface area contributed by atoms with Crippen LogP contribution >= 0.6 is 11.6 Å². The standard InChI is InChI=1S/C17H22ClN3O2S/c1-20(2)10-11-21(13-14-6-4-3-5-7-14)24(22,23)17-12-15(19)8-9-16(17)18/h3-9,12H,10-11,13,19H2,1-2H3. The second-order valence-electron chi connectivity index (χ2n) is 5.82. The highest BCUT2D eigenvalue weighted by Crippen LogP contribution is 2.27. The summed E-state index contributed by atoms with van der Waals surface area (Å²) >= 11 is 6.12. The average molecular weight is 368 g/mol. The molecule has 0 spiro atoms. The van der Waals surface area contributed by atoms with Crippen LogP contribution in [0.15, 0.2) is 53.4 Å². The fourth-order valence-electron chi connectivity index (χ4n) is 2.24. The number of nitrogens with two attached hydrogens (primary N) is 1. The lowest BCUT2D eigenvalue weighted by molar-refractivity contribution is 0.329. The second-order valence-corrected chi connectivity index (χ2v) is 8.13. The number of halogens is 1. The molecule has 0 aliphatic rings. The SMILES string of the molecule is CN(C)CCN(Cc1ccccc1)S(=O)(=O)c1cc(N)ccc1Cl. The first-order valence-corrected chi connectivity index (χ1v) is 9.36. The molecule has 0 saturated carbocycles. The molecule has 2 aromatic rings. The number of nitrogen functional groups attached to an aromatic ring is 1. The molecule has 24 heavy (non-hydrogen) atoms. The summed E-state index contributed by atoms with van der Waals surface area (Å²) in [6.45, 7) is 1.24. The van der Waals surface area contributed by atoms with E-state index in [1.54, 1.807) is 6.07 Å². The molecular weight excluding hydrogens is 346 g/mol. The van der Waals surface area contributed by atoms with Crippen LogP contribution in [0.25, 0.3) is 0 Å². The number of sulfonamides is 1. The topological polar surface area (TPSA) is 66.6 Å². The highest BCUT2D eigenvalue weighted by molar-refractivity contribution is 7.89. The lowest BCUT2D eigenvalue weighted by Crippen LogP contribution is -2.36. The first-order chi connectivity index (χ1) is 11.3. The Kier molecular flexibility index (Phi) is 6.23. The zero-order valence-corrected chi connectivity index (χ0v) is 15.4. The third kappa shape index (κ3) is 4.70. The molecule has 130 valence electrons. The normalized spacial score (nSPS) is 12.0. The Balaban J connectivity index is 2.38. The molecule has 0 amide bonds. The van der Waals surface area contributed by atoms with Gasteiger partial charge in [-0.1, -0.05) is 41.9 Å². The van der Waals surface area contributed by atoms with Crippen LogP contribution in [-0.4, -0.2) is 44.8 Å². The number of benzene rings is 2. The fourth-order valence-corrected chi connectivity index (χ4v) is 4.17. The highest BCUT2D eigenvalue weighted by atomic mass is 35.5. The summed E-state index contributed by atoms with van der Waals surface area (Å²) in [4.78, 5) is 1.98. The lowest BCUT2D eigenvalue weighted by atomic mass is 10.2. The maximum atomic E-state index is 13.1. The predicted molar refractivity (Wildman–Crippen MR) is 98.5 cm³/mol. The van der Waals surface area contributed by atoms with Gasteiger partial charge in [0.05, 0.1) is 5.02 Å². The van der Waals surface area contributed by atoms with Gasteiger partial charge in [-0.3, -0.25) is 0 Å². The fraction of sp³-hybridized carbons (Fsp3) is 0.294. The number of anilines is 1. The molecule has 0 bridgehead atoms. The van der Waals surface area contributed by atoms with Gasteiger partial charge in [-0.2, -0.15) is 4.31 Å². The molecule has 0 aliphatic heterocycles. The van der Waals surface area contributed by atoms with Gasteiger partial charge in [0, 0.05) is 25.3 Å². The van der Waals surface area contributed by atoms with Crippen molar-refractivity contribution in [3.05, 3.63) is 59.1 Å². The van der Waals surface area contributed by atoms with Gasteiger partial charge in [0.1, 0.15) is 4.90 Å². The Morgan fingerprint density at radius 2 is 1.71 bits per heavy atom. The van der Waals surface area contributed by atoms with E-state index < -0.39 is 10.0 Å². The summed E-state index contributed by atoms with van der Waals surface area (Å²) in [5.74, 6) is 0. The van der Waals surface area contributed by atoms with Crippen molar-refractivity contribution in [2.24, 2.45) is 0 Å². The minimum Gasteiger partial charge on any atom is -0.399 e. The van der Waals surface area contributed by atoms with E-state index >= 15 is 0 Å². The van der Waals surface area contributed by atoms with Crippen LogP contribution < -0.4 is 5.73 Å².